The van der Waals surface area contributed by atoms with Crippen molar-refractivity contribution in [3.8, 4) is 11.1 Å². The molecular weight excluding hydrogens is 356 g/mol. The van der Waals surface area contributed by atoms with Gasteiger partial charge in [-0.3, -0.25) is 10.1 Å². The summed E-state index contributed by atoms with van der Waals surface area (Å²) in [6.07, 6.45) is 0. The second kappa shape index (κ2) is 6.42. The van der Waals surface area contributed by atoms with E-state index in [1.165, 1.54) is 12.1 Å². The van der Waals surface area contributed by atoms with E-state index in [-0.39, 0.29) is 11.3 Å². The number of hydrogen-bond donors (Lipinski definition) is 1. The summed E-state index contributed by atoms with van der Waals surface area (Å²) < 4.78 is 0. The molecule has 0 radical (unpaired) electrons. The van der Waals surface area contributed by atoms with Crippen molar-refractivity contribution in [3.05, 3.63) is 81.4 Å². The van der Waals surface area contributed by atoms with Gasteiger partial charge in [-0.05, 0) is 48.2 Å². The molecule has 1 N–H and O–H groups in total. The van der Waals surface area contributed by atoms with Gasteiger partial charge < -0.3 is 5.11 Å². The number of carboxylic acid groups (broad SMARTS) is 1. The van der Waals surface area contributed by atoms with Crippen molar-refractivity contribution in [1.82, 2.24) is 4.98 Å². The smallest absolute Gasteiger partial charge is 0.337 e. The van der Waals surface area contributed by atoms with Crippen molar-refractivity contribution in [2.45, 2.75) is 13.8 Å². The Hall–Kier alpha value is -3.80. The largest absolute Gasteiger partial charge is 0.478 e. The molecule has 1 aromatic heterocycles. The number of carbonyl (C=O) groups is 1. The van der Waals surface area contributed by atoms with Crippen molar-refractivity contribution in [3.63, 3.8) is 0 Å². The van der Waals surface area contributed by atoms with Crippen LogP contribution in [0, 0.1) is 24.0 Å². The molecular formula is C22H16N2O4. The molecule has 0 unspecified atom stereocenters. The number of aryl methyl sites for hydroxylation is 2. The van der Waals surface area contributed by atoms with Crippen LogP contribution in [0.4, 0.5) is 5.69 Å². The molecule has 0 aliphatic rings. The Bertz CT molecular complexity index is 1270. The molecule has 1 heterocycles. The van der Waals surface area contributed by atoms with Gasteiger partial charge in [-0.2, -0.15) is 0 Å². The number of benzene rings is 3. The Labute approximate surface area is 160 Å². The molecule has 6 heteroatoms. The average Bonchev–Trinajstić information content (AvgIpc) is 2.65. The van der Waals surface area contributed by atoms with Gasteiger partial charge in [-0.1, -0.05) is 30.3 Å². The molecule has 0 saturated carbocycles. The molecule has 4 rings (SSSR count). The first-order valence-corrected chi connectivity index (χ1v) is 8.69. The van der Waals surface area contributed by atoms with E-state index in [2.05, 4.69) is 4.98 Å². The summed E-state index contributed by atoms with van der Waals surface area (Å²) in [5.41, 5.74) is 4.31. The number of fused-ring (bicyclic) bond motifs is 2. The first kappa shape index (κ1) is 17.6. The first-order chi connectivity index (χ1) is 13.4. The third kappa shape index (κ3) is 2.66. The SMILES string of the molecule is Cc1cc([N+](=O)[O-])cc(C)c1-c1cccc2nc3ccccc3c(C(=O)O)c12. The van der Waals surface area contributed by atoms with Crippen molar-refractivity contribution < 1.29 is 14.8 Å². The van der Waals surface area contributed by atoms with Crippen LogP contribution < -0.4 is 0 Å². The van der Waals surface area contributed by atoms with Gasteiger partial charge in [-0.25, -0.2) is 9.78 Å². The van der Waals surface area contributed by atoms with Gasteiger partial charge >= 0.3 is 5.97 Å². The number of nitro groups is 1. The number of aromatic carboxylic acids is 1. The van der Waals surface area contributed by atoms with Gasteiger partial charge in [-0.15, -0.1) is 0 Å². The van der Waals surface area contributed by atoms with Crippen molar-refractivity contribution in [2.75, 3.05) is 0 Å². The third-order valence-electron chi connectivity index (χ3n) is 4.92. The topological polar surface area (TPSA) is 93.3 Å². The lowest BCUT2D eigenvalue weighted by molar-refractivity contribution is -0.384. The second-order valence-corrected chi connectivity index (χ2v) is 6.72. The van der Waals surface area contributed by atoms with Crippen molar-refractivity contribution >= 4 is 33.5 Å². The fourth-order valence-corrected chi connectivity index (χ4v) is 3.84. The van der Waals surface area contributed by atoms with E-state index in [1.807, 2.05) is 18.2 Å². The number of carboxylic acids is 1. The minimum Gasteiger partial charge on any atom is -0.478 e. The summed E-state index contributed by atoms with van der Waals surface area (Å²) in [6, 6.07) is 15.6. The summed E-state index contributed by atoms with van der Waals surface area (Å²) in [5.74, 6) is -1.03. The van der Waals surface area contributed by atoms with Gasteiger partial charge in [0, 0.05) is 22.9 Å². The molecule has 0 aliphatic carbocycles. The highest BCUT2D eigenvalue weighted by atomic mass is 16.6. The lowest BCUT2D eigenvalue weighted by Crippen LogP contribution is -2.03. The van der Waals surface area contributed by atoms with Crippen LogP contribution >= 0.6 is 0 Å². The van der Waals surface area contributed by atoms with Crippen LogP contribution in [0.1, 0.15) is 21.5 Å². The van der Waals surface area contributed by atoms with E-state index in [9.17, 15) is 20.0 Å². The molecule has 0 fully saturated rings. The van der Waals surface area contributed by atoms with E-state index in [0.717, 1.165) is 5.56 Å². The van der Waals surface area contributed by atoms with Crippen LogP contribution in [0.2, 0.25) is 0 Å². The number of nitrogens with zero attached hydrogens (tertiary/aromatic N) is 2. The van der Waals surface area contributed by atoms with Crippen LogP contribution in [-0.4, -0.2) is 21.0 Å². The average molecular weight is 372 g/mol. The van der Waals surface area contributed by atoms with Crippen molar-refractivity contribution in [2.24, 2.45) is 0 Å². The highest BCUT2D eigenvalue weighted by Crippen LogP contribution is 2.38. The molecule has 0 atom stereocenters. The van der Waals surface area contributed by atoms with E-state index >= 15 is 0 Å². The number of pyridine rings is 1. The number of rotatable bonds is 3. The maximum Gasteiger partial charge on any atom is 0.337 e. The van der Waals surface area contributed by atoms with E-state index < -0.39 is 10.9 Å². The Balaban J connectivity index is 2.17. The third-order valence-corrected chi connectivity index (χ3v) is 4.92. The van der Waals surface area contributed by atoms with Gasteiger partial charge in [0.1, 0.15) is 0 Å². The summed E-state index contributed by atoms with van der Waals surface area (Å²) in [7, 11) is 0. The number of hydrogen-bond acceptors (Lipinski definition) is 4. The molecule has 0 amide bonds. The zero-order chi connectivity index (χ0) is 20.0. The Morgan fingerprint density at radius 2 is 1.64 bits per heavy atom. The number of nitro benzene ring substituents is 1. The Morgan fingerprint density at radius 3 is 2.29 bits per heavy atom. The minimum absolute atomic E-state index is 0.0148. The molecule has 0 aliphatic heterocycles. The minimum atomic E-state index is -1.03. The predicted molar refractivity (Wildman–Crippen MR) is 108 cm³/mol. The highest BCUT2D eigenvalue weighted by molar-refractivity contribution is 6.17. The Kier molecular flexibility index (Phi) is 4.04. The summed E-state index contributed by atoms with van der Waals surface area (Å²) >= 11 is 0. The maximum absolute atomic E-state index is 12.2. The molecule has 3 aromatic carbocycles. The van der Waals surface area contributed by atoms with Gasteiger partial charge in [0.15, 0.2) is 0 Å². The van der Waals surface area contributed by atoms with Crippen LogP contribution in [0.5, 0.6) is 0 Å². The quantitative estimate of drug-likeness (QED) is 0.300. The van der Waals surface area contributed by atoms with Crippen LogP contribution in [0.15, 0.2) is 54.6 Å². The molecule has 4 aromatic rings. The summed E-state index contributed by atoms with van der Waals surface area (Å²) in [4.78, 5) is 27.6. The monoisotopic (exact) mass is 372 g/mol. The standard InChI is InChI=1S/C22H16N2O4/c1-12-10-14(24(27)28)11-13(2)19(12)16-7-5-9-18-20(16)21(22(25)26)15-6-3-4-8-17(15)23-18/h3-11H,1-2H3,(H,25,26). The van der Waals surface area contributed by atoms with Gasteiger partial charge in [0.05, 0.1) is 21.5 Å². The first-order valence-electron chi connectivity index (χ1n) is 8.69. The van der Waals surface area contributed by atoms with E-state index in [4.69, 9.17) is 0 Å². The van der Waals surface area contributed by atoms with Crippen molar-refractivity contribution in [1.29, 1.82) is 0 Å². The molecule has 0 spiro atoms. The zero-order valence-corrected chi connectivity index (χ0v) is 15.3. The fraction of sp³-hybridized carbons (Fsp3) is 0.0909. The Morgan fingerprint density at radius 1 is 1.00 bits per heavy atom. The van der Waals surface area contributed by atoms with Crippen LogP contribution in [0.25, 0.3) is 32.9 Å². The lowest BCUT2D eigenvalue weighted by Gasteiger charge is -2.15. The lowest BCUT2D eigenvalue weighted by atomic mass is 9.89. The summed E-state index contributed by atoms with van der Waals surface area (Å²) in [6.45, 7) is 3.59. The van der Waals surface area contributed by atoms with E-state index in [1.54, 1.807) is 38.1 Å². The summed E-state index contributed by atoms with van der Waals surface area (Å²) in [5, 5.41) is 22.3. The molecule has 6 nitrogen and oxygen atoms in total. The normalized spacial score (nSPS) is 11.1. The van der Waals surface area contributed by atoms with E-state index in [0.29, 0.717) is 38.5 Å². The maximum atomic E-state index is 12.2. The highest BCUT2D eigenvalue weighted by Gasteiger charge is 2.21. The molecule has 0 bridgehead atoms. The van der Waals surface area contributed by atoms with Gasteiger partial charge in [0.25, 0.3) is 5.69 Å². The molecule has 0 saturated heterocycles. The van der Waals surface area contributed by atoms with Crippen LogP contribution in [-0.2, 0) is 0 Å². The predicted octanol–water partition coefficient (Wildman–Crippen LogP) is 5.28. The second-order valence-electron chi connectivity index (χ2n) is 6.72. The number of aromatic nitrogens is 1. The fourth-order valence-electron chi connectivity index (χ4n) is 3.84. The number of para-hydroxylation sites is 1. The van der Waals surface area contributed by atoms with Gasteiger partial charge in [0.2, 0.25) is 0 Å². The van der Waals surface area contributed by atoms with Crippen LogP contribution in [0.3, 0.4) is 0 Å². The zero-order valence-electron chi connectivity index (χ0n) is 15.3. The number of non-ortho nitro benzene ring substituents is 1. The molecule has 138 valence electrons. The molecule has 28 heavy (non-hydrogen) atoms.